The molecule has 0 radical (unpaired) electrons. The molecule has 0 N–H and O–H groups in total. The Bertz CT molecular complexity index is 493. The fourth-order valence-electron chi connectivity index (χ4n) is 4.23. The molecule has 1 aliphatic heterocycles. The molecule has 2 aliphatic carbocycles. The Kier molecular flexibility index (Phi) is 5.24. The summed E-state index contributed by atoms with van der Waals surface area (Å²) >= 11 is 2.23. The van der Waals surface area contributed by atoms with Crippen molar-refractivity contribution < 1.29 is 0 Å². The molecule has 0 spiro atoms. The van der Waals surface area contributed by atoms with E-state index in [-0.39, 0.29) is 0 Å². The van der Waals surface area contributed by atoms with Gasteiger partial charge < -0.3 is 9.47 Å². The van der Waals surface area contributed by atoms with Gasteiger partial charge in [-0.1, -0.05) is 19.3 Å². The molecule has 5 heteroatoms. The largest absolute Gasteiger partial charge is 0.314 e. The monoisotopic (exact) mass is 334 g/mol. The molecule has 1 atom stereocenters. The zero-order chi connectivity index (χ0) is 15.5. The lowest BCUT2D eigenvalue weighted by Crippen LogP contribution is -2.37. The number of nitrogens with zero attached hydrogens (tertiary/aromatic N) is 4. The van der Waals surface area contributed by atoms with Crippen LogP contribution in [0.15, 0.2) is 6.33 Å². The standard InChI is InChI=1S/C18H30N4S/c1-2-6-17(7-3-1)23-12-11-21-10-4-5-15(13-21)18-20-19-14-22(18)16-8-9-16/h14-17H,1-13H2. The van der Waals surface area contributed by atoms with Gasteiger partial charge in [-0.3, -0.25) is 0 Å². The summed E-state index contributed by atoms with van der Waals surface area (Å²) in [5, 5.41) is 9.61. The average Bonchev–Trinajstić information content (AvgIpc) is 3.33. The highest BCUT2D eigenvalue weighted by molar-refractivity contribution is 7.99. The predicted molar refractivity (Wildman–Crippen MR) is 96.0 cm³/mol. The van der Waals surface area contributed by atoms with Crippen LogP contribution in [0.1, 0.15) is 75.6 Å². The van der Waals surface area contributed by atoms with Crippen molar-refractivity contribution in [2.45, 2.75) is 75.0 Å². The van der Waals surface area contributed by atoms with Crippen molar-refractivity contribution in [2.75, 3.05) is 25.4 Å². The highest BCUT2D eigenvalue weighted by atomic mass is 32.2. The molecule has 4 rings (SSSR count). The Morgan fingerprint density at radius 1 is 1.04 bits per heavy atom. The van der Waals surface area contributed by atoms with Crippen LogP contribution in [0.5, 0.6) is 0 Å². The molecule has 4 nitrogen and oxygen atoms in total. The third kappa shape index (κ3) is 4.11. The molecular weight excluding hydrogens is 304 g/mol. The SMILES string of the molecule is c1nnc(C2CCCN(CCSC3CCCCC3)C2)n1C1CC1. The summed E-state index contributed by atoms with van der Waals surface area (Å²) in [4.78, 5) is 2.68. The van der Waals surface area contributed by atoms with Crippen molar-refractivity contribution in [3.05, 3.63) is 12.2 Å². The molecule has 3 fully saturated rings. The molecular formula is C18H30N4S. The highest BCUT2D eigenvalue weighted by Crippen LogP contribution is 2.38. The van der Waals surface area contributed by atoms with E-state index in [9.17, 15) is 0 Å². The molecule has 0 bridgehead atoms. The normalized spacial score (nSPS) is 27.4. The summed E-state index contributed by atoms with van der Waals surface area (Å²) in [6.45, 7) is 3.73. The summed E-state index contributed by atoms with van der Waals surface area (Å²) < 4.78 is 2.37. The van der Waals surface area contributed by atoms with Gasteiger partial charge in [-0.05, 0) is 45.1 Å². The van der Waals surface area contributed by atoms with Crippen molar-refractivity contribution in [1.82, 2.24) is 19.7 Å². The number of likely N-dealkylation sites (tertiary alicyclic amines) is 1. The molecule has 0 amide bonds. The minimum absolute atomic E-state index is 0.603. The molecule has 1 unspecified atom stereocenters. The average molecular weight is 335 g/mol. The summed E-state index contributed by atoms with van der Waals surface area (Å²) in [6.07, 6.45) is 14.5. The predicted octanol–water partition coefficient (Wildman–Crippen LogP) is 3.86. The van der Waals surface area contributed by atoms with Crippen molar-refractivity contribution in [3.63, 3.8) is 0 Å². The maximum atomic E-state index is 4.47. The van der Waals surface area contributed by atoms with Crippen LogP contribution in [-0.4, -0.2) is 50.3 Å². The Morgan fingerprint density at radius 2 is 1.91 bits per heavy atom. The fourth-order valence-corrected chi connectivity index (χ4v) is 5.59. The number of thioether (sulfide) groups is 1. The van der Waals surface area contributed by atoms with Gasteiger partial charge in [-0.15, -0.1) is 10.2 Å². The zero-order valence-electron chi connectivity index (χ0n) is 14.2. The van der Waals surface area contributed by atoms with Crippen LogP contribution in [0.4, 0.5) is 0 Å². The first-order valence-electron chi connectivity index (χ1n) is 9.63. The number of aromatic nitrogens is 3. The van der Waals surface area contributed by atoms with Crippen LogP contribution >= 0.6 is 11.8 Å². The van der Waals surface area contributed by atoms with Crippen molar-refractivity contribution in [2.24, 2.45) is 0 Å². The van der Waals surface area contributed by atoms with Gasteiger partial charge in [0, 0.05) is 36.1 Å². The minimum atomic E-state index is 0.603. The van der Waals surface area contributed by atoms with Gasteiger partial charge >= 0.3 is 0 Å². The topological polar surface area (TPSA) is 34.0 Å². The lowest BCUT2D eigenvalue weighted by Gasteiger charge is -2.32. The molecule has 1 aromatic rings. The number of rotatable bonds is 6. The van der Waals surface area contributed by atoms with Gasteiger partial charge in [0.2, 0.25) is 0 Å². The third-order valence-electron chi connectivity index (χ3n) is 5.72. The number of hydrogen-bond acceptors (Lipinski definition) is 4. The first kappa shape index (κ1) is 15.9. The van der Waals surface area contributed by atoms with E-state index in [4.69, 9.17) is 0 Å². The van der Waals surface area contributed by atoms with Gasteiger partial charge in [-0.25, -0.2) is 0 Å². The van der Waals surface area contributed by atoms with Crippen LogP contribution in [0.25, 0.3) is 0 Å². The molecule has 128 valence electrons. The lowest BCUT2D eigenvalue weighted by molar-refractivity contribution is 0.213. The Morgan fingerprint density at radius 3 is 2.74 bits per heavy atom. The molecule has 2 saturated carbocycles. The smallest absolute Gasteiger partial charge is 0.137 e. The Labute approximate surface area is 144 Å². The second kappa shape index (κ2) is 7.56. The highest BCUT2D eigenvalue weighted by Gasteiger charge is 2.31. The molecule has 23 heavy (non-hydrogen) atoms. The van der Waals surface area contributed by atoms with E-state index in [1.807, 2.05) is 6.33 Å². The second-order valence-corrected chi connectivity index (χ2v) is 9.01. The van der Waals surface area contributed by atoms with E-state index < -0.39 is 0 Å². The van der Waals surface area contributed by atoms with Crippen LogP contribution in [0, 0.1) is 0 Å². The zero-order valence-corrected chi connectivity index (χ0v) is 15.0. The van der Waals surface area contributed by atoms with Crippen LogP contribution in [-0.2, 0) is 0 Å². The number of piperidine rings is 1. The van der Waals surface area contributed by atoms with Gasteiger partial charge in [0.05, 0.1) is 0 Å². The lowest BCUT2D eigenvalue weighted by atomic mass is 9.97. The second-order valence-electron chi connectivity index (χ2n) is 7.60. The molecule has 1 aromatic heterocycles. The van der Waals surface area contributed by atoms with Gasteiger partial charge in [-0.2, -0.15) is 11.8 Å². The quantitative estimate of drug-likeness (QED) is 0.791. The van der Waals surface area contributed by atoms with Crippen LogP contribution in [0.3, 0.4) is 0 Å². The molecule has 1 saturated heterocycles. The van der Waals surface area contributed by atoms with Crippen molar-refractivity contribution in [3.8, 4) is 0 Å². The fraction of sp³-hybridized carbons (Fsp3) is 0.889. The van der Waals surface area contributed by atoms with E-state index in [1.165, 1.54) is 89.0 Å². The van der Waals surface area contributed by atoms with Gasteiger partial charge in [0.25, 0.3) is 0 Å². The maximum absolute atomic E-state index is 4.47. The summed E-state index contributed by atoms with van der Waals surface area (Å²) in [6, 6.07) is 0.706. The van der Waals surface area contributed by atoms with Crippen molar-refractivity contribution >= 4 is 11.8 Å². The third-order valence-corrected chi connectivity index (χ3v) is 7.09. The van der Waals surface area contributed by atoms with Crippen LogP contribution in [0.2, 0.25) is 0 Å². The molecule has 0 aromatic carbocycles. The van der Waals surface area contributed by atoms with Gasteiger partial charge in [0.15, 0.2) is 0 Å². The van der Waals surface area contributed by atoms with E-state index in [2.05, 4.69) is 31.4 Å². The first-order valence-corrected chi connectivity index (χ1v) is 10.7. The van der Waals surface area contributed by atoms with E-state index in [0.29, 0.717) is 12.0 Å². The van der Waals surface area contributed by atoms with Gasteiger partial charge in [0.1, 0.15) is 12.2 Å². The molecule has 2 heterocycles. The molecule has 3 aliphatic rings. The van der Waals surface area contributed by atoms with Crippen LogP contribution < -0.4 is 0 Å². The van der Waals surface area contributed by atoms with E-state index in [1.54, 1.807) is 0 Å². The Hall–Kier alpha value is -0.550. The summed E-state index contributed by atoms with van der Waals surface area (Å²) in [5.74, 6) is 3.18. The number of hydrogen-bond donors (Lipinski definition) is 0. The van der Waals surface area contributed by atoms with E-state index in [0.717, 1.165) is 5.25 Å². The maximum Gasteiger partial charge on any atom is 0.137 e. The Balaban J connectivity index is 1.26. The first-order chi connectivity index (χ1) is 11.4. The summed E-state index contributed by atoms with van der Waals surface area (Å²) in [7, 11) is 0. The summed E-state index contributed by atoms with van der Waals surface area (Å²) in [5.41, 5.74) is 0. The minimum Gasteiger partial charge on any atom is -0.314 e. The van der Waals surface area contributed by atoms with E-state index >= 15 is 0 Å². The van der Waals surface area contributed by atoms with Crippen molar-refractivity contribution in [1.29, 1.82) is 0 Å².